The topological polar surface area (TPSA) is 25.3 Å². The molecule has 0 saturated heterocycles. The van der Waals surface area contributed by atoms with Crippen molar-refractivity contribution >= 4 is 11.4 Å². The Morgan fingerprint density at radius 2 is 0.741 bits per heavy atom. The summed E-state index contributed by atoms with van der Waals surface area (Å²) in [5.41, 5.74) is 24.5. The molecule has 1 heterocycles. The summed E-state index contributed by atoms with van der Waals surface area (Å²) in [6.07, 6.45) is 25.0. The molecule has 1 aliphatic heterocycles. The van der Waals surface area contributed by atoms with Gasteiger partial charge in [0.25, 0.3) is 0 Å². The van der Waals surface area contributed by atoms with Crippen LogP contribution in [0.1, 0.15) is 170 Å². The summed E-state index contributed by atoms with van der Waals surface area (Å²) in [6.45, 7) is 16.6. The molecule has 1 aliphatic rings. The number of allylic oxidation sites excluding steroid dienone is 2. The second kappa shape index (κ2) is 31.5. The van der Waals surface area contributed by atoms with E-state index in [0.29, 0.717) is 0 Å². The number of rotatable bonds is 23. The maximum Gasteiger partial charge on any atom is 2.00 e. The molecule has 0 N–H and O–H groups in total. The molecule has 0 amide bonds. The predicted octanol–water partition coefficient (Wildman–Crippen LogP) is 16.8. The van der Waals surface area contributed by atoms with Crippen LogP contribution in [0.15, 0.2) is 120 Å². The summed E-state index contributed by atoms with van der Waals surface area (Å²) in [5, 5.41) is 0. The van der Waals surface area contributed by atoms with E-state index in [1.54, 1.807) is 4.70 Å². The third kappa shape index (κ3) is 18.3. The summed E-state index contributed by atoms with van der Waals surface area (Å²) in [4.78, 5) is 0. The van der Waals surface area contributed by atoms with Gasteiger partial charge in [-0.15, -0.1) is 0 Å². The average molecular weight is 872 g/mol. The molecule has 58 heavy (non-hydrogen) atoms. The Kier molecular flexibility index (Phi) is 27.6. The molecule has 5 rings (SSSR count). The van der Waals surface area contributed by atoms with Gasteiger partial charge in [-0.1, -0.05) is 194 Å². The van der Waals surface area contributed by atoms with E-state index in [1.165, 1.54) is 122 Å². The second-order valence-electron chi connectivity index (χ2n) is 15.7. The van der Waals surface area contributed by atoms with Gasteiger partial charge in [0.2, 0.25) is 11.4 Å². The van der Waals surface area contributed by atoms with E-state index in [4.69, 9.17) is 0 Å². The van der Waals surface area contributed by atoms with Gasteiger partial charge in [-0.2, -0.15) is 12.8 Å². The Morgan fingerprint density at radius 1 is 0.397 bits per heavy atom. The SMILES string of the molecule is CCCCCCCCCc1cccc(C2=C(CCCCC)C(CCCC)=C(c3cccc(CCCCC)c3)[N+]2=[N-])c1.[CH2-]Cc1ccccc1.[CH2-]Cc1ccccc1.[Pd+2]. The van der Waals surface area contributed by atoms with Crippen LogP contribution in [0.25, 0.3) is 16.9 Å². The van der Waals surface area contributed by atoms with Crippen molar-refractivity contribution in [3.05, 3.63) is 173 Å². The Hall–Kier alpha value is -3.38. The van der Waals surface area contributed by atoms with Crippen molar-refractivity contribution in [2.24, 2.45) is 0 Å². The maximum absolute atomic E-state index is 12.0. The molecule has 0 unspecified atom stereocenters. The van der Waals surface area contributed by atoms with Gasteiger partial charge in [-0.05, 0) is 86.8 Å². The molecule has 3 heteroatoms. The fourth-order valence-electron chi connectivity index (χ4n) is 7.59. The van der Waals surface area contributed by atoms with Crippen LogP contribution in [0, 0.1) is 13.8 Å². The first-order chi connectivity index (χ1) is 28.0. The smallest absolute Gasteiger partial charge is 0.493 e. The molecule has 0 aromatic heterocycles. The summed E-state index contributed by atoms with van der Waals surface area (Å²) < 4.78 is 1.57. The van der Waals surface area contributed by atoms with E-state index in [9.17, 15) is 5.53 Å². The van der Waals surface area contributed by atoms with Crippen molar-refractivity contribution in [1.29, 1.82) is 0 Å². The van der Waals surface area contributed by atoms with Crippen LogP contribution in [-0.2, 0) is 46.1 Å². The van der Waals surface area contributed by atoms with Gasteiger partial charge < -0.3 is 19.4 Å². The van der Waals surface area contributed by atoms with Crippen molar-refractivity contribution in [1.82, 2.24) is 0 Å². The van der Waals surface area contributed by atoms with Crippen molar-refractivity contribution in [2.45, 2.75) is 163 Å². The third-order valence-corrected chi connectivity index (χ3v) is 11.0. The minimum absolute atomic E-state index is 0. The molecule has 0 aliphatic carbocycles. The number of nitrogens with zero attached hydrogens (tertiary/aromatic N) is 2. The van der Waals surface area contributed by atoms with E-state index in [-0.39, 0.29) is 20.4 Å². The van der Waals surface area contributed by atoms with Crippen LogP contribution < -0.4 is 0 Å². The van der Waals surface area contributed by atoms with Gasteiger partial charge in [-0.25, -0.2) is 4.70 Å². The van der Waals surface area contributed by atoms with Crippen LogP contribution in [0.4, 0.5) is 0 Å². The zero-order valence-electron chi connectivity index (χ0n) is 36.9. The fourth-order valence-corrected chi connectivity index (χ4v) is 7.59. The molecule has 0 radical (unpaired) electrons. The Labute approximate surface area is 370 Å². The number of unbranched alkanes of at least 4 members (excludes halogenated alkanes) is 11. The summed E-state index contributed by atoms with van der Waals surface area (Å²) >= 11 is 0. The zero-order valence-corrected chi connectivity index (χ0v) is 38.4. The Balaban J connectivity index is 0.000000560. The Morgan fingerprint density at radius 3 is 1.16 bits per heavy atom. The van der Waals surface area contributed by atoms with Crippen molar-refractivity contribution < 1.29 is 25.1 Å². The van der Waals surface area contributed by atoms with Crippen molar-refractivity contribution in [2.75, 3.05) is 0 Å². The van der Waals surface area contributed by atoms with Gasteiger partial charge in [0.05, 0.1) is 0 Å². The third-order valence-electron chi connectivity index (χ3n) is 11.0. The first-order valence-corrected chi connectivity index (χ1v) is 22.8. The first kappa shape index (κ1) is 50.8. The number of benzene rings is 4. The van der Waals surface area contributed by atoms with Gasteiger partial charge in [-0.3, -0.25) is 0 Å². The predicted molar refractivity (Wildman–Crippen MR) is 250 cm³/mol. The summed E-state index contributed by atoms with van der Waals surface area (Å²) in [7, 11) is 0. The number of hydrogen-bond acceptors (Lipinski definition) is 0. The van der Waals surface area contributed by atoms with Crippen LogP contribution in [0.5, 0.6) is 0 Å². The van der Waals surface area contributed by atoms with E-state index in [2.05, 4.69) is 114 Å². The van der Waals surface area contributed by atoms with Crippen LogP contribution in [-0.4, -0.2) is 4.70 Å². The largest absolute Gasteiger partial charge is 2.00 e. The first-order valence-electron chi connectivity index (χ1n) is 22.8. The molecule has 316 valence electrons. The van der Waals surface area contributed by atoms with E-state index < -0.39 is 0 Å². The van der Waals surface area contributed by atoms with E-state index >= 15 is 0 Å². The minimum atomic E-state index is 0. The van der Waals surface area contributed by atoms with Crippen molar-refractivity contribution in [3.63, 3.8) is 0 Å². The molecular formula is C55H76N2Pd. The fraction of sp³-hybridized carbons (Fsp3) is 0.455. The molecule has 0 saturated carbocycles. The Bertz CT molecular complexity index is 1700. The van der Waals surface area contributed by atoms with Crippen LogP contribution in [0.3, 0.4) is 0 Å². The van der Waals surface area contributed by atoms with E-state index in [0.717, 1.165) is 68.3 Å². The molecule has 2 nitrogen and oxygen atoms in total. The number of aryl methyl sites for hydroxylation is 2. The monoisotopic (exact) mass is 871 g/mol. The second-order valence-corrected chi connectivity index (χ2v) is 15.7. The summed E-state index contributed by atoms with van der Waals surface area (Å²) in [6, 6.07) is 38.5. The van der Waals surface area contributed by atoms with Crippen LogP contribution in [0.2, 0.25) is 0 Å². The van der Waals surface area contributed by atoms with Crippen molar-refractivity contribution in [3.8, 4) is 0 Å². The maximum atomic E-state index is 12.0. The van der Waals surface area contributed by atoms with Gasteiger partial charge in [0, 0.05) is 22.3 Å². The standard InChI is InChI=1S/C39H58N2.2C8H9.Pd/c1-5-9-13-14-15-16-19-23-33-25-21-27-35(31-33)39-37(29-18-11-7-3)36(28-12-8-4)38(41(39)40)34-26-20-24-32(30-34)22-17-10-6-2;2*1-2-8-6-4-3-5-7-8;/h20-21,24-27,30-31H,5-19,22-23,28-29H2,1-4H3;2*3-7H,1-2H2;/q;2*-1;+2. The molecule has 4 aromatic rings. The summed E-state index contributed by atoms with van der Waals surface area (Å²) in [5.74, 6) is 0. The molecule has 4 aromatic carbocycles. The van der Waals surface area contributed by atoms with Gasteiger partial charge >= 0.3 is 20.4 Å². The van der Waals surface area contributed by atoms with Gasteiger partial charge in [0.1, 0.15) is 0 Å². The molecule has 0 bridgehead atoms. The normalized spacial score (nSPS) is 12.1. The molecule has 0 fully saturated rings. The number of hydrogen-bond donors (Lipinski definition) is 0. The minimum Gasteiger partial charge on any atom is -0.493 e. The molecular weight excluding hydrogens is 795 g/mol. The van der Waals surface area contributed by atoms with E-state index in [1.807, 2.05) is 36.4 Å². The molecule has 0 atom stereocenters. The quantitative estimate of drug-likeness (QED) is 0.0307. The van der Waals surface area contributed by atoms with Crippen LogP contribution >= 0.6 is 0 Å². The zero-order chi connectivity index (χ0) is 40.9. The molecule has 0 spiro atoms. The van der Waals surface area contributed by atoms with Gasteiger partial charge in [0.15, 0.2) is 0 Å². The average Bonchev–Trinajstić information content (AvgIpc) is 3.54.